The molecule has 0 spiro atoms. The summed E-state index contributed by atoms with van der Waals surface area (Å²) < 4.78 is 12.7. The number of benzene rings is 1. The zero-order valence-corrected chi connectivity index (χ0v) is 11.1. The van der Waals surface area contributed by atoms with Crippen molar-refractivity contribution in [1.82, 2.24) is 10.6 Å². The van der Waals surface area contributed by atoms with Gasteiger partial charge in [0.25, 0.3) is 0 Å². The molecule has 3 nitrogen and oxygen atoms in total. The van der Waals surface area contributed by atoms with Gasteiger partial charge in [-0.25, -0.2) is 4.39 Å². The van der Waals surface area contributed by atoms with Crippen molar-refractivity contribution < 1.29 is 9.18 Å². The Kier molecular flexibility index (Phi) is 5.33. The molecule has 1 aromatic carbocycles. The predicted molar refractivity (Wildman–Crippen MR) is 73.3 cm³/mol. The van der Waals surface area contributed by atoms with E-state index in [1.165, 1.54) is 12.1 Å². The highest BCUT2D eigenvalue weighted by Gasteiger charge is 2.14. The molecule has 1 aliphatic rings. The van der Waals surface area contributed by atoms with Crippen LogP contribution in [0.3, 0.4) is 0 Å². The van der Waals surface area contributed by atoms with E-state index in [-0.39, 0.29) is 11.7 Å². The lowest BCUT2D eigenvalue weighted by molar-refractivity contribution is -0.121. The highest BCUT2D eigenvalue weighted by molar-refractivity contribution is 5.75. The lowest BCUT2D eigenvalue weighted by Crippen LogP contribution is -2.30. The summed E-state index contributed by atoms with van der Waals surface area (Å²) in [4.78, 5) is 11.7. The zero-order chi connectivity index (χ0) is 13.5. The van der Waals surface area contributed by atoms with Gasteiger partial charge in [-0.3, -0.25) is 4.79 Å². The molecular formula is C15H21FN2O. The second-order valence-electron chi connectivity index (χ2n) is 5.14. The van der Waals surface area contributed by atoms with Crippen LogP contribution in [0.5, 0.6) is 0 Å². The fourth-order valence-electron chi connectivity index (χ4n) is 2.34. The number of rotatable bonds is 6. The Morgan fingerprint density at radius 2 is 2.16 bits per heavy atom. The second-order valence-corrected chi connectivity index (χ2v) is 5.14. The van der Waals surface area contributed by atoms with Crippen molar-refractivity contribution >= 4 is 5.91 Å². The number of amides is 1. The smallest absolute Gasteiger partial charge is 0.220 e. The van der Waals surface area contributed by atoms with Crippen molar-refractivity contribution in [3.63, 3.8) is 0 Å². The Morgan fingerprint density at radius 1 is 1.37 bits per heavy atom. The molecule has 4 heteroatoms. The minimum Gasteiger partial charge on any atom is -0.356 e. The number of hydrogen-bond acceptors (Lipinski definition) is 2. The van der Waals surface area contributed by atoms with Crippen molar-refractivity contribution in [2.45, 2.75) is 25.7 Å². The van der Waals surface area contributed by atoms with Crippen molar-refractivity contribution in [2.75, 3.05) is 19.6 Å². The Labute approximate surface area is 113 Å². The lowest BCUT2D eigenvalue weighted by atomic mass is 10.1. The fraction of sp³-hybridized carbons (Fsp3) is 0.533. The monoisotopic (exact) mass is 264 g/mol. The molecule has 1 fully saturated rings. The van der Waals surface area contributed by atoms with E-state index in [2.05, 4.69) is 10.6 Å². The third-order valence-corrected chi connectivity index (χ3v) is 3.53. The third kappa shape index (κ3) is 4.99. The summed E-state index contributed by atoms with van der Waals surface area (Å²) in [7, 11) is 0. The molecule has 2 N–H and O–H groups in total. The SMILES string of the molecule is O=C(CCCc1ccc(F)cc1)NCC1CCNC1. The van der Waals surface area contributed by atoms with Crippen LogP contribution in [0.2, 0.25) is 0 Å². The van der Waals surface area contributed by atoms with Gasteiger partial charge in [0.05, 0.1) is 0 Å². The number of carbonyl (C=O) groups is 1. The van der Waals surface area contributed by atoms with Gasteiger partial charge in [-0.05, 0) is 56.0 Å². The molecule has 0 saturated carbocycles. The molecule has 1 amide bonds. The normalized spacial score (nSPS) is 18.5. The van der Waals surface area contributed by atoms with Crippen molar-refractivity contribution in [1.29, 1.82) is 0 Å². The van der Waals surface area contributed by atoms with Crippen LogP contribution in [-0.4, -0.2) is 25.5 Å². The van der Waals surface area contributed by atoms with Gasteiger partial charge in [0, 0.05) is 13.0 Å². The molecule has 0 aromatic heterocycles. The van der Waals surface area contributed by atoms with E-state index in [9.17, 15) is 9.18 Å². The summed E-state index contributed by atoms with van der Waals surface area (Å²) >= 11 is 0. The summed E-state index contributed by atoms with van der Waals surface area (Å²) in [6.07, 6.45) is 3.31. The van der Waals surface area contributed by atoms with Crippen LogP contribution in [0.4, 0.5) is 4.39 Å². The summed E-state index contributed by atoms with van der Waals surface area (Å²) in [6.45, 7) is 2.85. The van der Waals surface area contributed by atoms with Crippen LogP contribution in [0, 0.1) is 11.7 Å². The average Bonchev–Trinajstić information content (AvgIpc) is 2.92. The molecular weight excluding hydrogens is 243 g/mol. The van der Waals surface area contributed by atoms with Crippen LogP contribution in [-0.2, 0) is 11.2 Å². The third-order valence-electron chi connectivity index (χ3n) is 3.53. The highest BCUT2D eigenvalue weighted by Crippen LogP contribution is 2.08. The molecule has 19 heavy (non-hydrogen) atoms. The summed E-state index contributed by atoms with van der Waals surface area (Å²) in [5, 5.41) is 6.26. The molecule has 1 saturated heterocycles. The Hall–Kier alpha value is -1.42. The molecule has 1 unspecified atom stereocenters. The van der Waals surface area contributed by atoms with Gasteiger partial charge in [0.2, 0.25) is 5.91 Å². The molecule has 2 rings (SSSR count). The van der Waals surface area contributed by atoms with Crippen molar-refractivity contribution in [2.24, 2.45) is 5.92 Å². The van der Waals surface area contributed by atoms with Crippen LogP contribution in [0.25, 0.3) is 0 Å². The molecule has 104 valence electrons. The van der Waals surface area contributed by atoms with E-state index >= 15 is 0 Å². The minimum atomic E-state index is -0.216. The number of carbonyl (C=O) groups excluding carboxylic acids is 1. The van der Waals surface area contributed by atoms with Gasteiger partial charge < -0.3 is 10.6 Å². The van der Waals surface area contributed by atoms with Crippen molar-refractivity contribution in [3.05, 3.63) is 35.6 Å². The minimum absolute atomic E-state index is 0.119. The van der Waals surface area contributed by atoms with Gasteiger partial charge in [0.1, 0.15) is 5.82 Å². The average molecular weight is 264 g/mol. The number of aryl methyl sites for hydroxylation is 1. The summed E-state index contributed by atoms with van der Waals surface area (Å²) in [5.41, 5.74) is 1.08. The van der Waals surface area contributed by atoms with Crippen LogP contribution in [0.15, 0.2) is 24.3 Å². The fourth-order valence-corrected chi connectivity index (χ4v) is 2.34. The standard InChI is InChI=1S/C15H21FN2O/c16-14-6-4-12(5-7-14)2-1-3-15(19)18-11-13-8-9-17-10-13/h4-7,13,17H,1-3,8-11H2,(H,18,19). The maximum Gasteiger partial charge on any atom is 0.220 e. The molecule has 1 aliphatic heterocycles. The Morgan fingerprint density at radius 3 is 2.84 bits per heavy atom. The lowest BCUT2D eigenvalue weighted by Gasteiger charge is -2.09. The van der Waals surface area contributed by atoms with Crippen LogP contribution < -0.4 is 10.6 Å². The number of hydrogen-bond donors (Lipinski definition) is 2. The predicted octanol–water partition coefficient (Wildman–Crippen LogP) is 1.87. The molecule has 0 radical (unpaired) electrons. The van der Waals surface area contributed by atoms with Gasteiger partial charge in [-0.15, -0.1) is 0 Å². The van der Waals surface area contributed by atoms with E-state index in [4.69, 9.17) is 0 Å². The maximum absolute atomic E-state index is 12.7. The van der Waals surface area contributed by atoms with E-state index in [1.807, 2.05) is 0 Å². The first-order chi connectivity index (χ1) is 9.24. The second kappa shape index (κ2) is 7.24. The van der Waals surface area contributed by atoms with Gasteiger partial charge >= 0.3 is 0 Å². The molecule has 0 bridgehead atoms. The first-order valence-electron chi connectivity index (χ1n) is 6.96. The molecule has 0 aliphatic carbocycles. The highest BCUT2D eigenvalue weighted by atomic mass is 19.1. The number of nitrogens with one attached hydrogen (secondary N) is 2. The van der Waals surface area contributed by atoms with Gasteiger partial charge in [-0.1, -0.05) is 12.1 Å². The zero-order valence-electron chi connectivity index (χ0n) is 11.1. The molecule has 1 aromatic rings. The van der Waals surface area contributed by atoms with E-state index < -0.39 is 0 Å². The van der Waals surface area contributed by atoms with Gasteiger partial charge in [-0.2, -0.15) is 0 Å². The van der Waals surface area contributed by atoms with Crippen molar-refractivity contribution in [3.8, 4) is 0 Å². The summed E-state index contributed by atoms with van der Waals surface area (Å²) in [5.74, 6) is 0.488. The van der Waals surface area contributed by atoms with Crippen LogP contribution in [0.1, 0.15) is 24.8 Å². The quantitative estimate of drug-likeness (QED) is 0.823. The number of halogens is 1. The Bertz CT molecular complexity index is 399. The maximum atomic E-state index is 12.7. The van der Waals surface area contributed by atoms with E-state index in [1.54, 1.807) is 12.1 Å². The Balaban J connectivity index is 1.59. The first kappa shape index (κ1) is 14.0. The van der Waals surface area contributed by atoms with E-state index in [0.29, 0.717) is 12.3 Å². The van der Waals surface area contributed by atoms with Crippen LogP contribution >= 0.6 is 0 Å². The first-order valence-corrected chi connectivity index (χ1v) is 6.96. The topological polar surface area (TPSA) is 41.1 Å². The largest absolute Gasteiger partial charge is 0.356 e. The molecule has 1 atom stereocenters. The molecule has 1 heterocycles. The van der Waals surface area contributed by atoms with Gasteiger partial charge in [0.15, 0.2) is 0 Å². The summed E-state index contributed by atoms with van der Waals surface area (Å²) in [6, 6.07) is 6.47. The van der Waals surface area contributed by atoms with E-state index in [0.717, 1.165) is 44.5 Å².